The van der Waals surface area contributed by atoms with Crippen LogP contribution in [0.2, 0.25) is 0 Å². The van der Waals surface area contributed by atoms with Gasteiger partial charge in [0.25, 0.3) is 0 Å². The van der Waals surface area contributed by atoms with Gasteiger partial charge in [-0.05, 0) is 105 Å². The number of hydrogen-bond donors (Lipinski definition) is 0. The van der Waals surface area contributed by atoms with Gasteiger partial charge in [0.1, 0.15) is 0 Å². The topological polar surface area (TPSA) is 91.2 Å². The first kappa shape index (κ1) is 28.4. The van der Waals surface area contributed by atoms with Gasteiger partial charge in [-0.1, -0.05) is 84.9 Å². The summed E-state index contributed by atoms with van der Waals surface area (Å²) in [5.74, 6) is 1.48. The Balaban J connectivity index is 1.27. The van der Waals surface area contributed by atoms with E-state index in [0.29, 0.717) is 28.7 Å². The molecule has 0 fully saturated rings. The Labute approximate surface area is 298 Å². The van der Waals surface area contributed by atoms with E-state index in [1.807, 2.05) is 24.3 Å². The molecule has 6 heteroatoms. The predicted octanol–water partition coefficient (Wildman–Crippen LogP) is 9.88. The molecule has 2 heterocycles. The Morgan fingerprint density at radius 2 is 0.962 bits per heavy atom. The highest BCUT2D eigenvalue weighted by molar-refractivity contribution is 6.26. The van der Waals surface area contributed by atoms with E-state index in [1.165, 1.54) is 54.9 Å². The maximum Gasteiger partial charge on any atom is 0.238 e. The van der Waals surface area contributed by atoms with E-state index in [0.717, 1.165) is 22.2 Å². The van der Waals surface area contributed by atoms with Crippen LogP contribution in [0.25, 0.3) is 72.4 Å². The first-order chi connectivity index (χ1) is 25.7. The van der Waals surface area contributed by atoms with Crippen molar-refractivity contribution in [1.82, 2.24) is 19.5 Å². The summed E-state index contributed by atoms with van der Waals surface area (Å²) in [6, 6.07) is 54.5. The van der Waals surface area contributed by atoms with Gasteiger partial charge in [0.15, 0.2) is 11.6 Å². The van der Waals surface area contributed by atoms with Gasteiger partial charge in [0.2, 0.25) is 5.95 Å². The molecule has 6 nitrogen and oxygen atoms in total. The minimum atomic E-state index is -0.514. The summed E-state index contributed by atoms with van der Waals surface area (Å²) in [6.45, 7) is 0. The molecule has 52 heavy (non-hydrogen) atoms. The largest absolute Gasteiger partial charge is 0.278 e. The van der Waals surface area contributed by atoms with E-state index in [2.05, 4.69) is 114 Å². The third kappa shape index (κ3) is 3.57. The average Bonchev–Trinajstić information content (AvgIpc) is 3.71. The smallest absolute Gasteiger partial charge is 0.238 e. The van der Waals surface area contributed by atoms with Gasteiger partial charge in [-0.15, -0.1) is 0 Å². The number of aromatic nitrogens is 4. The van der Waals surface area contributed by atoms with E-state index < -0.39 is 5.41 Å². The van der Waals surface area contributed by atoms with Crippen molar-refractivity contribution in [1.29, 1.82) is 10.5 Å². The average molecular weight is 661 g/mol. The first-order valence-corrected chi connectivity index (χ1v) is 17.2. The molecule has 0 N–H and O–H groups in total. The Bertz CT molecular complexity index is 2960. The van der Waals surface area contributed by atoms with Crippen LogP contribution in [0.1, 0.15) is 33.4 Å². The molecule has 0 saturated carbocycles. The van der Waals surface area contributed by atoms with Gasteiger partial charge in [-0.2, -0.15) is 20.5 Å². The molecule has 2 aliphatic rings. The van der Waals surface area contributed by atoms with Crippen LogP contribution in [0.15, 0.2) is 146 Å². The molecule has 0 unspecified atom stereocenters. The molecular weight excluding hydrogens is 637 g/mol. The Hall–Kier alpha value is -7.41. The van der Waals surface area contributed by atoms with Gasteiger partial charge < -0.3 is 0 Å². The molecule has 7 aromatic carbocycles. The van der Waals surface area contributed by atoms with Crippen LogP contribution < -0.4 is 0 Å². The molecule has 238 valence electrons. The lowest BCUT2D eigenvalue weighted by Crippen LogP contribution is -2.30. The van der Waals surface area contributed by atoms with Crippen molar-refractivity contribution in [2.45, 2.75) is 5.41 Å². The Morgan fingerprint density at radius 1 is 0.442 bits per heavy atom. The highest BCUT2D eigenvalue weighted by Crippen LogP contribution is 2.61. The normalized spacial score (nSPS) is 13.1. The number of fused-ring (bicyclic) bond motifs is 7. The van der Waals surface area contributed by atoms with Crippen LogP contribution in [0, 0.1) is 22.7 Å². The third-order valence-corrected chi connectivity index (χ3v) is 10.9. The van der Waals surface area contributed by atoms with Gasteiger partial charge in [0, 0.05) is 21.9 Å². The SMILES string of the molecule is N#Cc1ccc(-c2nc(-c3ccc(C#N)cc3)nc(-n3c4cccc5c4c4c6c(cccc6ccc43)C53c4ccccc4-c4ccccc43)n2)cc1. The fourth-order valence-corrected chi connectivity index (χ4v) is 8.84. The molecule has 1 spiro atoms. The molecule has 0 radical (unpaired) electrons. The lowest BCUT2D eigenvalue weighted by Gasteiger charge is -2.37. The molecular formula is C46H24N6. The Kier molecular flexibility index (Phi) is 5.63. The van der Waals surface area contributed by atoms with E-state index in [4.69, 9.17) is 15.0 Å². The fraction of sp³-hybridized carbons (Fsp3) is 0.0217. The lowest BCUT2D eigenvalue weighted by molar-refractivity contribution is 0.783. The summed E-state index contributed by atoms with van der Waals surface area (Å²) in [6.07, 6.45) is 0. The van der Waals surface area contributed by atoms with Gasteiger partial charge in [-0.3, -0.25) is 4.57 Å². The molecule has 2 aliphatic carbocycles. The molecule has 0 bridgehead atoms. The van der Waals surface area contributed by atoms with Crippen molar-refractivity contribution < 1.29 is 0 Å². The quantitative estimate of drug-likeness (QED) is 0.188. The van der Waals surface area contributed by atoms with Gasteiger partial charge in [0.05, 0.1) is 39.7 Å². The molecule has 0 atom stereocenters. The molecule has 0 aliphatic heterocycles. The summed E-state index contributed by atoms with van der Waals surface area (Å²) in [5.41, 5.74) is 11.8. The van der Waals surface area contributed by atoms with E-state index >= 15 is 0 Å². The fourth-order valence-electron chi connectivity index (χ4n) is 8.84. The highest BCUT2D eigenvalue weighted by atomic mass is 15.2. The maximum atomic E-state index is 9.47. The summed E-state index contributed by atoms with van der Waals surface area (Å²) >= 11 is 0. The zero-order valence-corrected chi connectivity index (χ0v) is 27.5. The van der Waals surface area contributed by atoms with Crippen LogP contribution in [0.3, 0.4) is 0 Å². The number of hydrogen-bond acceptors (Lipinski definition) is 5. The van der Waals surface area contributed by atoms with Crippen molar-refractivity contribution in [3.63, 3.8) is 0 Å². The van der Waals surface area contributed by atoms with Crippen LogP contribution in [-0.4, -0.2) is 19.5 Å². The third-order valence-electron chi connectivity index (χ3n) is 10.9. The number of benzene rings is 7. The van der Waals surface area contributed by atoms with Crippen molar-refractivity contribution in [2.75, 3.05) is 0 Å². The van der Waals surface area contributed by atoms with E-state index in [-0.39, 0.29) is 0 Å². The lowest BCUT2D eigenvalue weighted by atomic mass is 9.63. The van der Waals surface area contributed by atoms with Gasteiger partial charge in [-0.25, -0.2) is 4.98 Å². The Morgan fingerprint density at radius 3 is 1.56 bits per heavy atom. The zero-order chi connectivity index (χ0) is 34.6. The molecule has 9 aromatic rings. The second-order valence-corrected chi connectivity index (χ2v) is 13.4. The maximum absolute atomic E-state index is 9.47. The van der Waals surface area contributed by atoms with Crippen LogP contribution in [-0.2, 0) is 5.41 Å². The summed E-state index contributed by atoms with van der Waals surface area (Å²) in [4.78, 5) is 15.2. The molecule has 0 saturated heterocycles. The monoisotopic (exact) mass is 660 g/mol. The van der Waals surface area contributed by atoms with Crippen molar-refractivity contribution >= 4 is 32.6 Å². The first-order valence-electron chi connectivity index (χ1n) is 17.2. The summed E-state index contributed by atoms with van der Waals surface area (Å²) < 4.78 is 2.18. The minimum Gasteiger partial charge on any atom is -0.278 e. The number of rotatable bonds is 3. The molecule has 2 aromatic heterocycles. The van der Waals surface area contributed by atoms with Crippen LogP contribution in [0.4, 0.5) is 0 Å². The minimum absolute atomic E-state index is 0.492. The second kappa shape index (κ2) is 10.3. The molecule has 11 rings (SSSR count). The van der Waals surface area contributed by atoms with Crippen molar-refractivity contribution in [3.8, 4) is 52.0 Å². The number of nitriles is 2. The van der Waals surface area contributed by atoms with Crippen molar-refractivity contribution in [3.05, 3.63) is 179 Å². The predicted molar refractivity (Wildman–Crippen MR) is 203 cm³/mol. The highest BCUT2D eigenvalue weighted by Gasteiger charge is 2.50. The van der Waals surface area contributed by atoms with Crippen LogP contribution in [0.5, 0.6) is 0 Å². The molecule has 0 amide bonds. The van der Waals surface area contributed by atoms with E-state index in [1.54, 1.807) is 24.3 Å². The van der Waals surface area contributed by atoms with E-state index in [9.17, 15) is 10.5 Å². The zero-order valence-electron chi connectivity index (χ0n) is 27.5. The number of nitrogens with zero attached hydrogens (tertiary/aromatic N) is 6. The standard InChI is InChI=1S/C46H24N6/c47-25-27-15-19-30(20-16-27)43-49-44(31-21-17-28(26-48)18-22-31)51-45(50-43)52-38-14-6-13-37-41(38)42-39(52)24-23-29-7-5-12-36(40(29)42)46(37)34-10-3-1-8-32(34)33-9-2-4-11-35(33)46/h1-24H. The van der Waals surface area contributed by atoms with Crippen molar-refractivity contribution in [2.24, 2.45) is 0 Å². The summed E-state index contributed by atoms with van der Waals surface area (Å²) in [5, 5.41) is 23.7. The van der Waals surface area contributed by atoms with Gasteiger partial charge >= 0.3 is 0 Å². The second-order valence-electron chi connectivity index (χ2n) is 13.4. The summed E-state index contributed by atoms with van der Waals surface area (Å²) in [7, 11) is 0. The van der Waals surface area contributed by atoms with Crippen LogP contribution >= 0.6 is 0 Å².